The third kappa shape index (κ3) is 2.68. The molecule has 1 aliphatic carbocycles. The van der Waals surface area contributed by atoms with Gasteiger partial charge >= 0.3 is 0 Å². The molecule has 1 saturated heterocycles. The summed E-state index contributed by atoms with van der Waals surface area (Å²) in [7, 11) is 0. The molecule has 0 aromatic carbocycles. The van der Waals surface area contributed by atoms with Crippen LogP contribution in [0.3, 0.4) is 0 Å². The normalized spacial score (nSPS) is 25.8. The van der Waals surface area contributed by atoms with Gasteiger partial charge in [-0.05, 0) is 38.6 Å². The molecule has 1 aromatic heterocycles. The fourth-order valence-corrected chi connectivity index (χ4v) is 2.67. The monoisotopic (exact) mass is 235 g/mol. The topological polar surface area (TPSA) is 51.0 Å². The van der Waals surface area contributed by atoms with Crippen LogP contribution in [0.1, 0.15) is 62.6 Å². The fourth-order valence-electron chi connectivity index (χ4n) is 2.67. The van der Waals surface area contributed by atoms with E-state index in [9.17, 15) is 0 Å². The van der Waals surface area contributed by atoms with Crippen LogP contribution in [0, 0.1) is 0 Å². The average Bonchev–Trinajstić information content (AvgIpc) is 2.74. The number of nitrogens with zero attached hydrogens (tertiary/aromatic N) is 2. The highest BCUT2D eigenvalue weighted by atomic mass is 16.5. The summed E-state index contributed by atoms with van der Waals surface area (Å²) in [5.41, 5.74) is 0. The van der Waals surface area contributed by atoms with E-state index in [4.69, 9.17) is 4.52 Å². The zero-order valence-corrected chi connectivity index (χ0v) is 10.3. The van der Waals surface area contributed by atoms with E-state index in [-0.39, 0.29) is 0 Å². The number of piperidine rings is 1. The molecule has 2 fully saturated rings. The van der Waals surface area contributed by atoms with E-state index in [1.54, 1.807) is 0 Å². The Kier molecular flexibility index (Phi) is 3.41. The summed E-state index contributed by atoms with van der Waals surface area (Å²) in [5.74, 6) is 2.36. The first-order valence-electron chi connectivity index (χ1n) is 6.97. The van der Waals surface area contributed by atoms with Crippen molar-refractivity contribution >= 4 is 0 Å². The van der Waals surface area contributed by atoms with E-state index in [2.05, 4.69) is 15.5 Å². The van der Waals surface area contributed by atoms with Gasteiger partial charge in [-0.3, -0.25) is 0 Å². The van der Waals surface area contributed by atoms with Crippen molar-refractivity contribution in [2.24, 2.45) is 0 Å². The predicted octanol–water partition coefficient (Wildman–Crippen LogP) is 2.41. The van der Waals surface area contributed by atoms with E-state index < -0.39 is 0 Å². The van der Waals surface area contributed by atoms with Gasteiger partial charge in [0.15, 0.2) is 5.82 Å². The van der Waals surface area contributed by atoms with Crippen LogP contribution < -0.4 is 5.32 Å². The summed E-state index contributed by atoms with van der Waals surface area (Å²) in [6, 6.07) is 0.655. The molecule has 0 amide bonds. The lowest BCUT2D eigenvalue weighted by Gasteiger charge is -2.22. The molecule has 4 nitrogen and oxygen atoms in total. The van der Waals surface area contributed by atoms with Gasteiger partial charge in [0.2, 0.25) is 5.89 Å². The molecule has 1 aromatic rings. The number of aryl methyl sites for hydroxylation is 1. The maximum Gasteiger partial charge on any atom is 0.226 e. The number of aromatic nitrogens is 2. The molecule has 4 heteroatoms. The minimum Gasteiger partial charge on any atom is -0.339 e. The van der Waals surface area contributed by atoms with Crippen molar-refractivity contribution in [2.45, 2.75) is 63.3 Å². The lowest BCUT2D eigenvalue weighted by molar-refractivity contribution is 0.331. The molecular weight excluding hydrogens is 214 g/mol. The minimum atomic E-state index is 0.584. The molecule has 0 spiro atoms. The molecule has 1 saturated carbocycles. The third-order valence-electron chi connectivity index (χ3n) is 4.07. The second kappa shape index (κ2) is 5.17. The minimum absolute atomic E-state index is 0.584. The Labute approximate surface area is 102 Å². The molecular formula is C13H21N3O. The summed E-state index contributed by atoms with van der Waals surface area (Å²) in [5, 5.41) is 7.65. The lowest BCUT2D eigenvalue weighted by atomic mass is 9.85. The van der Waals surface area contributed by atoms with Crippen molar-refractivity contribution in [1.29, 1.82) is 0 Å². The van der Waals surface area contributed by atoms with Gasteiger partial charge in [-0.25, -0.2) is 0 Å². The summed E-state index contributed by atoms with van der Waals surface area (Å²) in [6.45, 7) is 1.17. The highest BCUT2D eigenvalue weighted by molar-refractivity contribution is 4.99. The Morgan fingerprint density at radius 3 is 2.82 bits per heavy atom. The molecule has 2 aliphatic rings. The van der Waals surface area contributed by atoms with Crippen molar-refractivity contribution in [3.05, 3.63) is 11.7 Å². The van der Waals surface area contributed by atoms with E-state index >= 15 is 0 Å². The Balaban J connectivity index is 1.48. The molecule has 1 aliphatic heterocycles. The second-order valence-electron chi connectivity index (χ2n) is 5.36. The van der Waals surface area contributed by atoms with Gasteiger partial charge in [0.25, 0.3) is 0 Å². The number of hydrogen-bond acceptors (Lipinski definition) is 4. The number of nitrogens with one attached hydrogen (secondary N) is 1. The van der Waals surface area contributed by atoms with Crippen LogP contribution >= 0.6 is 0 Å². The van der Waals surface area contributed by atoms with Crippen molar-refractivity contribution in [3.8, 4) is 0 Å². The summed E-state index contributed by atoms with van der Waals surface area (Å²) < 4.78 is 5.32. The fraction of sp³-hybridized carbons (Fsp3) is 0.846. The first kappa shape index (κ1) is 11.2. The number of hydrogen-bond donors (Lipinski definition) is 1. The Morgan fingerprint density at radius 2 is 2.12 bits per heavy atom. The summed E-state index contributed by atoms with van der Waals surface area (Å²) in [6.07, 6.45) is 9.83. The van der Waals surface area contributed by atoms with Gasteiger partial charge in [-0.2, -0.15) is 4.98 Å². The first-order chi connectivity index (χ1) is 8.42. The molecule has 17 heavy (non-hydrogen) atoms. The highest BCUT2D eigenvalue weighted by Crippen LogP contribution is 2.34. The first-order valence-corrected chi connectivity index (χ1v) is 6.97. The Morgan fingerprint density at radius 1 is 1.18 bits per heavy atom. The highest BCUT2D eigenvalue weighted by Gasteiger charge is 2.24. The van der Waals surface area contributed by atoms with Crippen molar-refractivity contribution in [1.82, 2.24) is 15.5 Å². The smallest absolute Gasteiger partial charge is 0.226 e. The van der Waals surface area contributed by atoms with E-state index in [1.807, 2.05) is 0 Å². The van der Waals surface area contributed by atoms with Crippen molar-refractivity contribution < 1.29 is 4.52 Å². The zero-order chi connectivity index (χ0) is 11.5. The van der Waals surface area contributed by atoms with Gasteiger partial charge in [-0.15, -0.1) is 0 Å². The molecule has 0 radical (unpaired) electrons. The third-order valence-corrected chi connectivity index (χ3v) is 4.07. The standard InChI is InChI=1S/C13H21N3O/c1-2-9-14-11(6-1)7-8-12-15-13(16-17-12)10-4-3-5-10/h10-11,14H,1-9H2. The van der Waals surface area contributed by atoms with Crippen LogP contribution in [0.5, 0.6) is 0 Å². The van der Waals surface area contributed by atoms with Crippen molar-refractivity contribution in [3.63, 3.8) is 0 Å². The van der Waals surface area contributed by atoms with Crippen LogP contribution in [-0.4, -0.2) is 22.7 Å². The van der Waals surface area contributed by atoms with Crippen LogP contribution in [0.25, 0.3) is 0 Å². The van der Waals surface area contributed by atoms with E-state index in [0.717, 1.165) is 24.6 Å². The Bertz CT molecular complexity index is 353. The second-order valence-corrected chi connectivity index (χ2v) is 5.36. The SMILES string of the molecule is C1CCC(CCc2nc(C3CCC3)no2)NC1. The molecule has 1 atom stereocenters. The van der Waals surface area contributed by atoms with Gasteiger partial charge in [0.1, 0.15) is 0 Å². The van der Waals surface area contributed by atoms with Crippen molar-refractivity contribution in [2.75, 3.05) is 6.54 Å². The van der Waals surface area contributed by atoms with Crippen LogP contribution in [-0.2, 0) is 6.42 Å². The van der Waals surface area contributed by atoms with Gasteiger partial charge in [0.05, 0.1) is 0 Å². The maximum atomic E-state index is 5.32. The van der Waals surface area contributed by atoms with E-state index in [1.165, 1.54) is 45.1 Å². The quantitative estimate of drug-likeness (QED) is 0.870. The van der Waals surface area contributed by atoms with Gasteiger partial charge in [-0.1, -0.05) is 18.0 Å². The summed E-state index contributed by atoms with van der Waals surface area (Å²) in [4.78, 5) is 4.51. The van der Waals surface area contributed by atoms with Crippen LogP contribution in [0.4, 0.5) is 0 Å². The molecule has 3 rings (SSSR count). The molecule has 1 N–H and O–H groups in total. The molecule has 94 valence electrons. The average molecular weight is 235 g/mol. The molecule has 0 bridgehead atoms. The zero-order valence-electron chi connectivity index (χ0n) is 10.3. The van der Waals surface area contributed by atoms with E-state index in [0.29, 0.717) is 12.0 Å². The summed E-state index contributed by atoms with van der Waals surface area (Å²) >= 11 is 0. The van der Waals surface area contributed by atoms with Crippen LogP contribution in [0.2, 0.25) is 0 Å². The largest absolute Gasteiger partial charge is 0.339 e. The van der Waals surface area contributed by atoms with Gasteiger partial charge in [0, 0.05) is 18.4 Å². The number of rotatable bonds is 4. The maximum absolute atomic E-state index is 5.32. The molecule has 2 heterocycles. The Hall–Kier alpha value is -0.900. The predicted molar refractivity (Wildman–Crippen MR) is 64.9 cm³/mol. The van der Waals surface area contributed by atoms with Gasteiger partial charge < -0.3 is 9.84 Å². The lowest BCUT2D eigenvalue weighted by Crippen LogP contribution is -2.34. The van der Waals surface area contributed by atoms with Crippen LogP contribution in [0.15, 0.2) is 4.52 Å². The molecule has 1 unspecified atom stereocenters.